The number of aliphatic hydroxyl groups excluding tert-OH is 2. The molecule has 0 aromatic heterocycles. The second-order valence-corrected chi connectivity index (χ2v) is 3.97. The van der Waals surface area contributed by atoms with Gasteiger partial charge in [-0.15, -0.1) is 0 Å². The molecule has 1 fully saturated rings. The van der Waals surface area contributed by atoms with E-state index in [9.17, 15) is 9.90 Å². The fourth-order valence-corrected chi connectivity index (χ4v) is 2.01. The molecule has 1 amide bonds. The summed E-state index contributed by atoms with van der Waals surface area (Å²) in [6.45, 7) is 0.00612. The normalized spacial score (nSPS) is 37.4. The van der Waals surface area contributed by atoms with Crippen LogP contribution in [0.3, 0.4) is 0 Å². The fraction of sp³-hybridized carbons (Fsp3) is 0.700. The summed E-state index contributed by atoms with van der Waals surface area (Å²) in [5.74, 6) is -0.174. The molecule has 2 rings (SSSR count). The van der Waals surface area contributed by atoms with Crippen LogP contribution in [-0.2, 0) is 14.3 Å². The molecule has 7 heteroatoms. The van der Waals surface area contributed by atoms with E-state index in [2.05, 4.69) is 5.32 Å². The van der Waals surface area contributed by atoms with Crippen LogP contribution in [0.2, 0.25) is 0 Å². The predicted octanol–water partition coefficient (Wildman–Crippen LogP) is -2.02. The Hall–Kier alpha value is -1.15. The Balaban J connectivity index is 2.09. The van der Waals surface area contributed by atoms with Crippen LogP contribution in [0.25, 0.3) is 0 Å². The number of methoxy groups -OCH3 is 1. The number of carbonyl (C=O) groups is 1. The standard InChI is InChI=1S/C10H16N2O5/c1-16-9-8(15)6(4-13)17-10(9)12-3-2-7(14)11-5-12/h2-3,6,8-10,13,15H,4-5H2,1H3,(H,11,14)/t6-,8?,9?,10-/m1/s1. The van der Waals surface area contributed by atoms with Crippen molar-refractivity contribution in [2.24, 2.45) is 0 Å². The highest BCUT2D eigenvalue weighted by molar-refractivity contribution is 5.87. The number of nitrogens with one attached hydrogen (secondary N) is 1. The molecule has 2 aliphatic heterocycles. The molecule has 2 heterocycles. The first kappa shape index (κ1) is 12.3. The van der Waals surface area contributed by atoms with Gasteiger partial charge in [0.05, 0.1) is 13.3 Å². The summed E-state index contributed by atoms with van der Waals surface area (Å²) in [6.07, 6.45) is 0.313. The third kappa shape index (κ3) is 2.27. The monoisotopic (exact) mass is 244 g/mol. The number of hydrogen-bond acceptors (Lipinski definition) is 6. The Morgan fingerprint density at radius 3 is 3.00 bits per heavy atom. The molecule has 2 unspecified atom stereocenters. The minimum atomic E-state index is -0.888. The molecular weight excluding hydrogens is 228 g/mol. The van der Waals surface area contributed by atoms with Gasteiger partial charge in [-0.05, 0) is 0 Å². The lowest BCUT2D eigenvalue weighted by Crippen LogP contribution is -2.48. The maximum Gasteiger partial charge on any atom is 0.246 e. The van der Waals surface area contributed by atoms with Crippen molar-refractivity contribution in [1.82, 2.24) is 10.2 Å². The van der Waals surface area contributed by atoms with Crippen molar-refractivity contribution < 1.29 is 24.5 Å². The Labute approximate surface area is 98.6 Å². The molecular formula is C10H16N2O5. The minimum absolute atomic E-state index is 0.174. The van der Waals surface area contributed by atoms with Gasteiger partial charge in [-0.1, -0.05) is 0 Å². The highest BCUT2D eigenvalue weighted by atomic mass is 16.6. The van der Waals surface area contributed by atoms with Gasteiger partial charge in [-0.3, -0.25) is 4.79 Å². The van der Waals surface area contributed by atoms with Gasteiger partial charge < -0.3 is 29.9 Å². The van der Waals surface area contributed by atoms with Crippen molar-refractivity contribution in [3.63, 3.8) is 0 Å². The van der Waals surface area contributed by atoms with Gasteiger partial charge in [-0.2, -0.15) is 0 Å². The van der Waals surface area contributed by atoms with Crippen molar-refractivity contribution in [2.45, 2.75) is 24.5 Å². The molecule has 3 N–H and O–H groups in total. The van der Waals surface area contributed by atoms with Crippen LogP contribution >= 0.6 is 0 Å². The number of aliphatic hydroxyl groups is 2. The molecule has 2 aliphatic rings. The van der Waals surface area contributed by atoms with Crippen molar-refractivity contribution in [3.8, 4) is 0 Å². The molecule has 96 valence electrons. The van der Waals surface area contributed by atoms with Gasteiger partial charge in [0.15, 0.2) is 6.23 Å². The average molecular weight is 244 g/mol. The van der Waals surface area contributed by atoms with Crippen LogP contribution in [-0.4, -0.2) is 65.9 Å². The maximum atomic E-state index is 11.0. The Morgan fingerprint density at radius 2 is 2.47 bits per heavy atom. The summed E-state index contributed by atoms with van der Waals surface area (Å²) in [5.41, 5.74) is 0. The van der Waals surface area contributed by atoms with E-state index in [1.807, 2.05) is 0 Å². The topological polar surface area (TPSA) is 91.3 Å². The number of rotatable bonds is 3. The molecule has 17 heavy (non-hydrogen) atoms. The van der Waals surface area contributed by atoms with E-state index in [1.54, 1.807) is 11.1 Å². The maximum absolute atomic E-state index is 11.0. The molecule has 0 bridgehead atoms. The number of hydrogen-bond donors (Lipinski definition) is 3. The smallest absolute Gasteiger partial charge is 0.246 e. The summed E-state index contributed by atoms with van der Waals surface area (Å²) in [4.78, 5) is 12.7. The van der Waals surface area contributed by atoms with Crippen LogP contribution in [0.4, 0.5) is 0 Å². The Morgan fingerprint density at radius 1 is 1.71 bits per heavy atom. The number of amides is 1. The van der Waals surface area contributed by atoms with Gasteiger partial charge in [0.25, 0.3) is 0 Å². The van der Waals surface area contributed by atoms with E-state index < -0.39 is 24.5 Å². The van der Waals surface area contributed by atoms with Crippen LogP contribution in [0.15, 0.2) is 12.3 Å². The SMILES string of the molecule is COC1C(O)[C@@H](CO)O[C@H]1N1C=CC(=O)NC1. The molecule has 7 nitrogen and oxygen atoms in total. The number of nitrogens with zero attached hydrogens (tertiary/aromatic N) is 1. The zero-order valence-corrected chi connectivity index (χ0v) is 9.44. The van der Waals surface area contributed by atoms with Crippen LogP contribution in [0.5, 0.6) is 0 Å². The number of carbonyl (C=O) groups excluding carboxylic acids is 1. The first-order valence-electron chi connectivity index (χ1n) is 5.36. The Bertz CT molecular complexity index is 322. The number of ether oxygens (including phenoxy) is 2. The van der Waals surface area contributed by atoms with Crippen molar-refractivity contribution in [1.29, 1.82) is 0 Å². The largest absolute Gasteiger partial charge is 0.394 e. The first-order chi connectivity index (χ1) is 8.17. The summed E-state index contributed by atoms with van der Waals surface area (Å²) in [5, 5.41) is 21.5. The van der Waals surface area contributed by atoms with Crippen LogP contribution in [0, 0.1) is 0 Å². The van der Waals surface area contributed by atoms with Crippen LogP contribution in [0.1, 0.15) is 0 Å². The van der Waals surface area contributed by atoms with E-state index in [-0.39, 0.29) is 19.2 Å². The molecule has 0 aromatic carbocycles. The van der Waals surface area contributed by atoms with Crippen molar-refractivity contribution in [2.75, 3.05) is 20.4 Å². The van der Waals surface area contributed by atoms with Gasteiger partial charge >= 0.3 is 0 Å². The molecule has 4 atom stereocenters. The average Bonchev–Trinajstić information content (AvgIpc) is 2.66. The summed E-state index contributed by atoms with van der Waals surface area (Å²) in [7, 11) is 1.47. The lowest BCUT2D eigenvalue weighted by Gasteiger charge is -2.32. The molecule has 0 saturated carbocycles. The summed E-state index contributed by atoms with van der Waals surface area (Å²) < 4.78 is 10.7. The van der Waals surface area contributed by atoms with E-state index in [0.717, 1.165) is 0 Å². The van der Waals surface area contributed by atoms with E-state index >= 15 is 0 Å². The van der Waals surface area contributed by atoms with Crippen molar-refractivity contribution >= 4 is 5.91 Å². The van der Waals surface area contributed by atoms with Crippen molar-refractivity contribution in [3.05, 3.63) is 12.3 Å². The zero-order chi connectivity index (χ0) is 12.4. The van der Waals surface area contributed by atoms with E-state index in [0.29, 0.717) is 0 Å². The third-order valence-electron chi connectivity index (χ3n) is 2.95. The molecule has 1 saturated heterocycles. The van der Waals surface area contributed by atoms with E-state index in [4.69, 9.17) is 14.6 Å². The quantitative estimate of drug-likeness (QED) is 0.531. The van der Waals surface area contributed by atoms with Gasteiger partial charge in [0.2, 0.25) is 5.91 Å². The molecule has 0 spiro atoms. The lowest BCUT2D eigenvalue weighted by molar-refractivity contribution is -0.122. The summed E-state index contributed by atoms with van der Waals surface area (Å²) >= 11 is 0. The van der Waals surface area contributed by atoms with E-state index in [1.165, 1.54) is 13.2 Å². The second kappa shape index (κ2) is 5.01. The highest BCUT2D eigenvalue weighted by Gasteiger charge is 2.46. The first-order valence-corrected chi connectivity index (χ1v) is 5.36. The van der Waals surface area contributed by atoms with Gasteiger partial charge in [0.1, 0.15) is 18.3 Å². The fourth-order valence-electron chi connectivity index (χ4n) is 2.01. The molecule has 0 aliphatic carbocycles. The van der Waals surface area contributed by atoms with Crippen LogP contribution < -0.4 is 5.32 Å². The second-order valence-electron chi connectivity index (χ2n) is 3.97. The highest BCUT2D eigenvalue weighted by Crippen LogP contribution is 2.26. The summed E-state index contributed by atoms with van der Waals surface area (Å²) in [6, 6.07) is 0. The third-order valence-corrected chi connectivity index (χ3v) is 2.95. The lowest BCUT2D eigenvalue weighted by atomic mass is 10.1. The molecule has 0 radical (unpaired) electrons. The zero-order valence-electron chi connectivity index (χ0n) is 9.44. The molecule has 0 aromatic rings. The Kier molecular flexibility index (Phi) is 3.63. The van der Waals surface area contributed by atoms with Gasteiger partial charge in [-0.25, -0.2) is 0 Å². The predicted molar refractivity (Wildman–Crippen MR) is 56.5 cm³/mol. The minimum Gasteiger partial charge on any atom is -0.394 e. The van der Waals surface area contributed by atoms with Gasteiger partial charge in [0, 0.05) is 19.4 Å².